The second kappa shape index (κ2) is 7.64. The number of aromatic nitrogens is 3. The van der Waals surface area contributed by atoms with Crippen molar-refractivity contribution in [1.82, 2.24) is 14.8 Å². The zero-order chi connectivity index (χ0) is 19.5. The summed E-state index contributed by atoms with van der Waals surface area (Å²) in [4.78, 5) is 28.9. The number of amides is 2. The second-order valence-corrected chi connectivity index (χ2v) is 7.06. The van der Waals surface area contributed by atoms with Crippen molar-refractivity contribution < 1.29 is 9.59 Å². The number of pyridine rings is 1. The molecule has 1 aliphatic carbocycles. The molecule has 4 rings (SSSR count). The highest BCUT2D eigenvalue weighted by atomic mass is 16.2. The first-order chi connectivity index (χ1) is 13.6. The fraction of sp³-hybridized carbons (Fsp3) is 0.238. The molecule has 2 heterocycles. The van der Waals surface area contributed by atoms with Crippen molar-refractivity contribution in [3.05, 3.63) is 72.2 Å². The fourth-order valence-electron chi connectivity index (χ4n) is 3.02. The molecule has 2 atom stereocenters. The summed E-state index contributed by atoms with van der Waals surface area (Å²) in [5.74, 6) is 0.715. The number of nitrogens with one attached hydrogen (secondary N) is 2. The zero-order valence-corrected chi connectivity index (χ0v) is 15.5. The fourth-order valence-corrected chi connectivity index (χ4v) is 3.02. The van der Waals surface area contributed by atoms with E-state index in [1.807, 2.05) is 18.2 Å². The summed E-state index contributed by atoms with van der Waals surface area (Å²) in [5, 5.41) is 10.0. The molecule has 0 aliphatic heterocycles. The minimum atomic E-state index is -0.279. The molecule has 1 fully saturated rings. The molecule has 1 aliphatic rings. The number of carbonyl (C=O) groups is 2. The van der Waals surface area contributed by atoms with E-state index in [9.17, 15) is 9.59 Å². The van der Waals surface area contributed by atoms with Gasteiger partial charge >= 0.3 is 0 Å². The van der Waals surface area contributed by atoms with Crippen molar-refractivity contribution in [3.63, 3.8) is 0 Å². The summed E-state index contributed by atoms with van der Waals surface area (Å²) in [6.07, 6.45) is 4.45. The maximum Gasteiger partial charge on any atom is 0.256 e. The van der Waals surface area contributed by atoms with Crippen LogP contribution in [0.5, 0.6) is 0 Å². The Balaban J connectivity index is 1.38. The van der Waals surface area contributed by atoms with Gasteiger partial charge in [0.15, 0.2) is 5.82 Å². The normalized spacial score (nSPS) is 17.8. The Morgan fingerprint density at radius 2 is 2.00 bits per heavy atom. The Bertz CT molecular complexity index is 999. The lowest BCUT2D eigenvalue weighted by molar-refractivity contribution is -0.117. The molecule has 0 saturated heterocycles. The molecular formula is C21H21N5O2. The molecule has 0 unspecified atom stereocenters. The minimum absolute atomic E-state index is 0.0123. The Hall–Kier alpha value is -3.48. The smallest absolute Gasteiger partial charge is 0.256 e. The van der Waals surface area contributed by atoms with E-state index in [1.165, 1.54) is 0 Å². The van der Waals surface area contributed by atoms with Gasteiger partial charge in [-0.1, -0.05) is 19.1 Å². The molecule has 0 spiro atoms. The first-order valence-electron chi connectivity index (χ1n) is 9.24. The molecule has 3 aromatic rings. The van der Waals surface area contributed by atoms with Crippen LogP contribution in [0.4, 0.5) is 11.5 Å². The highest BCUT2D eigenvalue weighted by Crippen LogP contribution is 2.38. The summed E-state index contributed by atoms with van der Waals surface area (Å²) in [5.41, 5.74) is 1.97. The first kappa shape index (κ1) is 17.9. The van der Waals surface area contributed by atoms with Gasteiger partial charge in [0.05, 0.1) is 12.2 Å². The van der Waals surface area contributed by atoms with Crippen LogP contribution in [0, 0.1) is 11.8 Å². The third-order valence-electron chi connectivity index (χ3n) is 4.77. The van der Waals surface area contributed by atoms with Crippen LogP contribution in [-0.2, 0) is 11.3 Å². The van der Waals surface area contributed by atoms with Gasteiger partial charge in [-0.2, -0.15) is 5.10 Å². The molecule has 2 aromatic heterocycles. The molecule has 0 bridgehead atoms. The average Bonchev–Trinajstić information content (AvgIpc) is 3.28. The van der Waals surface area contributed by atoms with Gasteiger partial charge < -0.3 is 10.6 Å². The quantitative estimate of drug-likeness (QED) is 0.693. The van der Waals surface area contributed by atoms with Crippen LogP contribution in [0.15, 0.2) is 60.9 Å². The number of carbonyl (C=O) groups excluding carboxylic acids is 2. The number of nitrogens with zero attached hydrogens (tertiary/aromatic N) is 3. The van der Waals surface area contributed by atoms with Gasteiger partial charge in [-0.05, 0) is 42.7 Å². The van der Waals surface area contributed by atoms with Gasteiger partial charge in [0.2, 0.25) is 5.91 Å². The van der Waals surface area contributed by atoms with Crippen molar-refractivity contribution in [2.24, 2.45) is 11.8 Å². The maximum atomic E-state index is 12.5. The van der Waals surface area contributed by atoms with E-state index in [4.69, 9.17) is 0 Å². The lowest BCUT2D eigenvalue weighted by Gasteiger charge is -2.07. The highest BCUT2D eigenvalue weighted by molar-refractivity contribution is 6.05. The standard InChI is InChI=1S/C21H21N5O2/c1-14-11-18(14)21(28)23-16-7-4-5-15(12-16)20(27)24-19-8-10-26(25-19)13-17-6-2-3-9-22-17/h2-10,12,14,18H,11,13H2,1H3,(H,23,28)(H,24,25,27)/t14-,18+/m1/s1. The van der Waals surface area contributed by atoms with Gasteiger partial charge in [0.25, 0.3) is 5.91 Å². The molecule has 2 N–H and O–H groups in total. The summed E-state index contributed by atoms with van der Waals surface area (Å²) in [6.45, 7) is 2.58. The van der Waals surface area contributed by atoms with Crippen LogP contribution >= 0.6 is 0 Å². The lowest BCUT2D eigenvalue weighted by Crippen LogP contribution is -2.16. The summed E-state index contributed by atoms with van der Waals surface area (Å²) in [6, 6.07) is 14.3. The lowest BCUT2D eigenvalue weighted by atomic mass is 10.2. The van der Waals surface area contributed by atoms with E-state index in [1.54, 1.807) is 47.4 Å². The van der Waals surface area contributed by atoms with Gasteiger partial charge in [0.1, 0.15) is 0 Å². The van der Waals surface area contributed by atoms with Crippen LogP contribution < -0.4 is 10.6 Å². The predicted molar refractivity (Wildman–Crippen MR) is 106 cm³/mol. The van der Waals surface area contributed by atoms with Gasteiger partial charge in [0, 0.05) is 35.6 Å². The zero-order valence-electron chi connectivity index (χ0n) is 15.5. The van der Waals surface area contributed by atoms with Crippen LogP contribution in [0.2, 0.25) is 0 Å². The largest absolute Gasteiger partial charge is 0.326 e. The minimum Gasteiger partial charge on any atom is -0.326 e. The van der Waals surface area contributed by atoms with Crippen LogP contribution in [-0.4, -0.2) is 26.6 Å². The van der Waals surface area contributed by atoms with Crippen molar-refractivity contribution in [3.8, 4) is 0 Å². The van der Waals surface area contributed by atoms with E-state index in [2.05, 4.69) is 27.6 Å². The van der Waals surface area contributed by atoms with E-state index in [0.717, 1.165) is 12.1 Å². The number of hydrogen-bond donors (Lipinski definition) is 2. The number of benzene rings is 1. The predicted octanol–water partition coefficient (Wildman–Crippen LogP) is 3.17. The molecule has 1 saturated carbocycles. The Morgan fingerprint density at radius 3 is 2.75 bits per heavy atom. The summed E-state index contributed by atoms with van der Waals surface area (Å²) in [7, 11) is 0. The molecule has 142 valence electrons. The van der Waals surface area contributed by atoms with Crippen LogP contribution in [0.25, 0.3) is 0 Å². The molecular weight excluding hydrogens is 354 g/mol. The van der Waals surface area contributed by atoms with E-state index >= 15 is 0 Å². The van der Waals surface area contributed by atoms with Crippen LogP contribution in [0.3, 0.4) is 0 Å². The highest BCUT2D eigenvalue weighted by Gasteiger charge is 2.39. The Morgan fingerprint density at radius 1 is 1.14 bits per heavy atom. The van der Waals surface area contributed by atoms with Gasteiger partial charge in [-0.15, -0.1) is 0 Å². The second-order valence-electron chi connectivity index (χ2n) is 7.06. The number of rotatable bonds is 6. The monoisotopic (exact) mass is 375 g/mol. The van der Waals surface area contributed by atoms with E-state index in [-0.39, 0.29) is 17.7 Å². The number of hydrogen-bond acceptors (Lipinski definition) is 4. The van der Waals surface area contributed by atoms with Crippen molar-refractivity contribution in [2.75, 3.05) is 10.6 Å². The van der Waals surface area contributed by atoms with Crippen LogP contribution in [0.1, 0.15) is 29.4 Å². The summed E-state index contributed by atoms with van der Waals surface area (Å²) >= 11 is 0. The average molecular weight is 375 g/mol. The third kappa shape index (κ3) is 4.25. The van der Waals surface area contributed by atoms with Crippen molar-refractivity contribution >= 4 is 23.3 Å². The molecule has 1 aromatic carbocycles. The van der Waals surface area contributed by atoms with Gasteiger partial charge in [-0.25, -0.2) is 0 Å². The van der Waals surface area contributed by atoms with Crippen molar-refractivity contribution in [2.45, 2.75) is 19.9 Å². The van der Waals surface area contributed by atoms with Crippen molar-refractivity contribution in [1.29, 1.82) is 0 Å². The molecule has 0 radical (unpaired) electrons. The Labute approximate surface area is 162 Å². The van der Waals surface area contributed by atoms with E-state index in [0.29, 0.717) is 29.5 Å². The maximum absolute atomic E-state index is 12.5. The first-order valence-corrected chi connectivity index (χ1v) is 9.24. The topological polar surface area (TPSA) is 88.9 Å². The SMILES string of the molecule is C[C@@H]1C[C@@H]1C(=O)Nc1cccc(C(=O)Nc2ccn(Cc3ccccn3)n2)c1. The number of anilines is 2. The summed E-state index contributed by atoms with van der Waals surface area (Å²) < 4.78 is 1.71. The molecule has 28 heavy (non-hydrogen) atoms. The third-order valence-corrected chi connectivity index (χ3v) is 4.77. The van der Waals surface area contributed by atoms with Gasteiger partial charge in [-0.3, -0.25) is 19.3 Å². The molecule has 7 heteroatoms. The van der Waals surface area contributed by atoms with E-state index < -0.39 is 0 Å². The molecule has 7 nitrogen and oxygen atoms in total. The molecule has 2 amide bonds. The Kier molecular flexibility index (Phi) is 4.89.